The topological polar surface area (TPSA) is 48.5 Å². The van der Waals surface area contributed by atoms with Gasteiger partial charge in [-0.25, -0.2) is 4.98 Å². The Balaban J connectivity index is 1.59. The van der Waals surface area contributed by atoms with Crippen LogP contribution in [0.25, 0.3) is 0 Å². The highest BCUT2D eigenvalue weighted by Crippen LogP contribution is 2.22. The molecule has 1 N–H and O–H groups in total. The lowest BCUT2D eigenvalue weighted by Crippen LogP contribution is -2.32. The molecule has 25 heavy (non-hydrogen) atoms. The van der Waals surface area contributed by atoms with Crippen LogP contribution in [0.4, 0.5) is 10.8 Å². The summed E-state index contributed by atoms with van der Waals surface area (Å²) in [4.78, 5) is 21.5. The lowest BCUT2D eigenvalue weighted by Gasteiger charge is -2.29. The van der Waals surface area contributed by atoms with Crippen molar-refractivity contribution in [3.63, 3.8) is 0 Å². The van der Waals surface area contributed by atoms with Gasteiger partial charge in [-0.1, -0.05) is 13.0 Å². The smallest absolute Gasteiger partial charge is 0.257 e. The highest BCUT2D eigenvalue weighted by atomic mass is 32.1. The number of nitrogens with one attached hydrogen (secondary N) is 1. The van der Waals surface area contributed by atoms with Crippen molar-refractivity contribution in [2.24, 2.45) is 5.92 Å². The molecule has 1 aromatic carbocycles. The van der Waals surface area contributed by atoms with Crippen LogP contribution in [-0.2, 0) is 6.54 Å². The molecule has 0 unspecified atom stereocenters. The fraction of sp³-hybridized carbons (Fsp3) is 0.474. The fourth-order valence-electron chi connectivity index (χ4n) is 2.98. The van der Waals surface area contributed by atoms with Gasteiger partial charge in [0.1, 0.15) is 0 Å². The van der Waals surface area contributed by atoms with Gasteiger partial charge in [0.25, 0.3) is 5.91 Å². The number of likely N-dealkylation sites (tertiary alicyclic amines) is 1. The van der Waals surface area contributed by atoms with Crippen molar-refractivity contribution in [3.05, 3.63) is 40.9 Å². The molecule has 2 aromatic rings. The number of aromatic nitrogens is 1. The fourth-order valence-corrected chi connectivity index (χ4v) is 3.68. The van der Waals surface area contributed by atoms with E-state index in [-0.39, 0.29) is 5.91 Å². The van der Waals surface area contributed by atoms with Crippen LogP contribution in [0, 0.1) is 5.92 Å². The average molecular weight is 359 g/mol. The van der Waals surface area contributed by atoms with E-state index in [1.54, 1.807) is 0 Å². The molecule has 1 aromatic heterocycles. The van der Waals surface area contributed by atoms with E-state index in [1.807, 2.05) is 48.6 Å². The van der Waals surface area contributed by atoms with Crippen LogP contribution in [0.1, 0.15) is 35.8 Å². The summed E-state index contributed by atoms with van der Waals surface area (Å²) in [5.74, 6) is 0.718. The largest absolute Gasteiger partial charge is 0.378 e. The molecule has 0 atom stereocenters. The quantitative estimate of drug-likeness (QED) is 0.885. The van der Waals surface area contributed by atoms with Crippen molar-refractivity contribution in [1.82, 2.24) is 9.88 Å². The Morgan fingerprint density at radius 1 is 1.36 bits per heavy atom. The Morgan fingerprint density at radius 2 is 2.12 bits per heavy atom. The first-order chi connectivity index (χ1) is 12.0. The molecule has 2 heterocycles. The molecule has 1 aliphatic rings. The Bertz CT molecular complexity index is 720. The molecule has 5 nitrogen and oxygen atoms in total. The Labute approximate surface area is 153 Å². The summed E-state index contributed by atoms with van der Waals surface area (Å²) < 4.78 is 0. The van der Waals surface area contributed by atoms with Gasteiger partial charge in [-0.2, -0.15) is 0 Å². The van der Waals surface area contributed by atoms with Crippen molar-refractivity contribution >= 4 is 28.1 Å². The summed E-state index contributed by atoms with van der Waals surface area (Å²) >= 11 is 1.49. The summed E-state index contributed by atoms with van der Waals surface area (Å²) in [5, 5.41) is 5.63. The maximum Gasteiger partial charge on any atom is 0.257 e. The predicted molar refractivity (Wildman–Crippen MR) is 105 cm³/mol. The number of rotatable bonds is 5. The van der Waals surface area contributed by atoms with Crippen molar-refractivity contribution < 1.29 is 4.79 Å². The molecule has 3 rings (SSSR count). The highest BCUT2D eigenvalue weighted by molar-refractivity contribution is 7.13. The molecule has 0 aliphatic carbocycles. The van der Waals surface area contributed by atoms with Gasteiger partial charge in [0, 0.05) is 37.3 Å². The van der Waals surface area contributed by atoms with E-state index in [1.165, 1.54) is 24.2 Å². The van der Waals surface area contributed by atoms with E-state index >= 15 is 0 Å². The molecule has 1 amide bonds. The third-order valence-corrected chi connectivity index (χ3v) is 5.47. The molecular weight excluding hydrogens is 332 g/mol. The van der Waals surface area contributed by atoms with E-state index in [9.17, 15) is 4.79 Å². The third-order valence-electron chi connectivity index (χ3n) is 4.66. The number of carbonyl (C=O) groups excluding carboxylic acids is 1. The maximum absolute atomic E-state index is 12.5. The van der Waals surface area contributed by atoms with E-state index < -0.39 is 0 Å². The van der Waals surface area contributed by atoms with Gasteiger partial charge in [-0.3, -0.25) is 15.0 Å². The van der Waals surface area contributed by atoms with Gasteiger partial charge >= 0.3 is 0 Å². The number of anilines is 2. The first-order valence-electron chi connectivity index (χ1n) is 8.77. The van der Waals surface area contributed by atoms with Crippen LogP contribution < -0.4 is 10.2 Å². The molecular formula is C19H26N4OS. The Kier molecular flexibility index (Phi) is 5.71. The molecule has 1 saturated heterocycles. The minimum atomic E-state index is -0.114. The summed E-state index contributed by atoms with van der Waals surface area (Å²) in [6.45, 7) is 5.46. The van der Waals surface area contributed by atoms with E-state index in [0.29, 0.717) is 10.7 Å². The summed E-state index contributed by atoms with van der Waals surface area (Å²) in [6.07, 6.45) is 2.52. The number of amides is 1. The molecule has 0 saturated carbocycles. The summed E-state index contributed by atoms with van der Waals surface area (Å²) in [7, 11) is 3.93. The normalized spacial score (nSPS) is 16.0. The van der Waals surface area contributed by atoms with Crippen LogP contribution in [0.2, 0.25) is 0 Å². The van der Waals surface area contributed by atoms with E-state index in [0.717, 1.165) is 36.9 Å². The average Bonchev–Trinajstić information content (AvgIpc) is 3.04. The van der Waals surface area contributed by atoms with Crippen molar-refractivity contribution in [2.75, 3.05) is 37.4 Å². The Morgan fingerprint density at radius 3 is 2.84 bits per heavy atom. The molecule has 1 fully saturated rings. The lowest BCUT2D eigenvalue weighted by atomic mass is 9.99. The standard InChI is InChI=1S/C19H26N4OS/c1-14-7-9-23(10-8-14)12-16-13-25-19(20-16)21-18(24)15-5-4-6-17(11-15)22(2)3/h4-6,11,13-14H,7-10,12H2,1-3H3,(H,20,21,24). The lowest BCUT2D eigenvalue weighted by molar-refractivity contribution is 0.102. The van der Waals surface area contributed by atoms with Gasteiger partial charge < -0.3 is 4.90 Å². The van der Waals surface area contributed by atoms with Crippen LogP contribution in [-0.4, -0.2) is 43.0 Å². The first-order valence-corrected chi connectivity index (χ1v) is 9.64. The maximum atomic E-state index is 12.5. The van der Waals surface area contributed by atoms with Crippen LogP contribution in [0.5, 0.6) is 0 Å². The second-order valence-corrected chi connectivity index (χ2v) is 7.86. The molecule has 0 radical (unpaired) electrons. The second-order valence-electron chi connectivity index (χ2n) is 7.00. The zero-order chi connectivity index (χ0) is 17.8. The van der Waals surface area contributed by atoms with Gasteiger partial charge in [0.15, 0.2) is 5.13 Å². The summed E-state index contributed by atoms with van der Waals surface area (Å²) in [5.41, 5.74) is 2.69. The molecule has 0 bridgehead atoms. The van der Waals surface area contributed by atoms with Gasteiger partial charge in [-0.15, -0.1) is 11.3 Å². The number of hydrogen-bond acceptors (Lipinski definition) is 5. The second kappa shape index (κ2) is 7.97. The molecule has 6 heteroatoms. The number of piperidine rings is 1. The minimum absolute atomic E-state index is 0.114. The minimum Gasteiger partial charge on any atom is -0.378 e. The summed E-state index contributed by atoms with van der Waals surface area (Å²) in [6, 6.07) is 7.59. The molecule has 134 valence electrons. The molecule has 0 spiro atoms. The predicted octanol–water partition coefficient (Wildman–Crippen LogP) is 3.69. The zero-order valence-electron chi connectivity index (χ0n) is 15.2. The van der Waals surface area contributed by atoms with Crippen molar-refractivity contribution in [2.45, 2.75) is 26.3 Å². The van der Waals surface area contributed by atoms with Crippen LogP contribution in [0.15, 0.2) is 29.6 Å². The number of benzene rings is 1. The molecule has 1 aliphatic heterocycles. The number of carbonyl (C=O) groups is 1. The first kappa shape index (κ1) is 17.9. The van der Waals surface area contributed by atoms with Gasteiger partial charge in [0.2, 0.25) is 0 Å². The number of thiazole rings is 1. The Hall–Kier alpha value is -1.92. The third kappa shape index (κ3) is 4.80. The van der Waals surface area contributed by atoms with Crippen molar-refractivity contribution in [3.8, 4) is 0 Å². The van der Waals surface area contributed by atoms with E-state index in [4.69, 9.17) is 0 Å². The SMILES string of the molecule is CC1CCN(Cc2csc(NC(=O)c3cccc(N(C)C)c3)n2)CC1. The van der Waals surface area contributed by atoms with Gasteiger partial charge in [0.05, 0.1) is 5.69 Å². The monoisotopic (exact) mass is 358 g/mol. The number of nitrogens with zero attached hydrogens (tertiary/aromatic N) is 3. The van der Waals surface area contributed by atoms with Crippen LogP contribution >= 0.6 is 11.3 Å². The van der Waals surface area contributed by atoms with Gasteiger partial charge in [-0.05, 0) is 50.0 Å². The van der Waals surface area contributed by atoms with E-state index in [2.05, 4.69) is 22.1 Å². The highest BCUT2D eigenvalue weighted by Gasteiger charge is 2.17. The zero-order valence-corrected chi connectivity index (χ0v) is 16.0. The number of hydrogen-bond donors (Lipinski definition) is 1. The van der Waals surface area contributed by atoms with Crippen LogP contribution in [0.3, 0.4) is 0 Å². The van der Waals surface area contributed by atoms with Crippen molar-refractivity contribution in [1.29, 1.82) is 0 Å².